The summed E-state index contributed by atoms with van der Waals surface area (Å²) in [5, 5.41) is 14.5. The Balaban J connectivity index is 2.02. The first-order chi connectivity index (χ1) is 9.89. The molecule has 0 heterocycles. The van der Waals surface area contributed by atoms with Crippen molar-refractivity contribution in [2.45, 2.75) is 77.7 Å². The highest BCUT2D eigenvalue weighted by Crippen LogP contribution is 2.34. The minimum Gasteiger partial charge on any atom is -0.481 e. The van der Waals surface area contributed by atoms with Gasteiger partial charge in [-0.2, -0.15) is 0 Å². The molecule has 0 aromatic heterocycles. The molecule has 2 amide bonds. The average molecular weight is 298 g/mol. The van der Waals surface area contributed by atoms with Crippen LogP contribution in [0.2, 0.25) is 0 Å². The molecule has 0 spiro atoms. The van der Waals surface area contributed by atoms with E-state index in [1.165, 1.54) is 12.8 Å². The van der Waals surface area contributed by atoms with Gasteiger partial charge in [-0.3, -0.25) is 4.79 Å². The maximum absolute atomic E-state index is 11.8. The van der Waals surface area contributed by atoms with Crippen molar-refractivity contribution in [1.29, 1.82) is 0 Å². The molecule has 3 N–H and O–H groups in total. The first-order valence-corrected chi connectivity index (χ1v) is 8.15. The second-order valence-electron chi connectivity index (χ2n) is 6.92. The molecule has 0 aliphatic heterocycles. The van der Waals surface area contributed by atoms with Crippen molar-refractivity contribution in [3.8, 4) is 0 Å². The summed E-state index contributed by atoms with van der Waals surface area (Å²) in [4.78, 5) is 22.1. The zero-order valence-corrected chi connectivity index (χ0v) is 13.4. The van der Waals surface area contributed by atoms with E-state index in [0.717, 1.165) is 38.5 Å². The highest BCUT2D eigenvalue weighted by Gasteiger charge is 2.28. The van der Waals surface area contributed by atoms with E-state index >= 15 is 0 Å². The number of carboxylic acid groups (broad SMARTS) is 1. The van der Waals surface area contributed by atoms with Crippen LogP contribution in [0.5, 0.6) is 0 Å². The van der Waals surface area contributed by atoms with Gasteiger partial charge in [0.05, 0.1) is 0 Å². The summed E-state index contributed by atoms with van der Waals surface area (Å²) in [7, 11) is 0. The molecule has 1 unspecified atom stereocenters. The van der Waals surface area contributed by atoms with Crippen molar-refractivity contribution in [3.63, 3.8) is 0 Å². The predicted molar refractivity (Wildman–Crippen MR) is 83.3 cm³/mol. The lowest BCUT2D eigenvalue weighted by molar-refractivity contribution is -0.137. The Morgan fingerprint density at radius 3 is 2.57 bits per heavy atom. The summed E-state index contributed by atoms with van der Waals surface area (Å²) in [6.45, 7) is 5.18. The van der Waals surface area contributed by atoms with Gasteiger partial charge in [-0.05, 0) is 37.5 Å². The van der Waals surface area contributed by atoms with Crippen LogP contribution in [0.25, 0.3) is 0 Å². The second kappa shape index (κ2) is 8.90. The lowest BCUT2D eigenvalue weighted by Gasteiger charge is -2.35. The molecule has 0 aromatic rings. The number of urea groups is 1. The van der Waals surface area contributed by atoms with Crippen molar-refractivity contribution >= 4 is 12.0 Å². The van der Waals surface area contributed by atoms with E-state index < -0.39 is 5.97 Å². The van der Waals surface area contributed by atoms with Gasteiger partial charge in [-0.15, -0.1) is 0 Å². The van der Waals surface area contributed by atoms with Gasteiger partial charge in [-0.1, -0.05) is 33.1 Å². The van der Waals surface area contributed by atoms with Gasteiger partial charge in [0.15, 0.2) is 0 Å². The molecule has 1 saturated carbocycles. The molecule has 1 atom stereocenters. The van der Waals surface area contributed by atoms with E-state index in [2.05, 4.69) is 24.5 Å². The van der Waals surface area contributed by atoms with E-state index in [-0.39, 0.29) is 12.5 Å². The Bertz CT molecular complexity index is 342. The van der Waals surface area contributed by atoms with E-state index in [1.807, 2.05) is 0 Å². The molecule has 0 saturated heterocycles. The predicted octanol–water partition coefficient (Wildman–Crippen LogP) is 3.29. The molecule has 1 rings (SSSR count). The number of hydrogen-bond donors (Lipinski definition) is 3. The Hall–Kier alpha value is -1.26. The molecule has 21 heavy (non-hydrogen) atoms. The molecule has 1 aliphatic rings. The Morgan fingerprint density at radius 2 is 1.90 bits per heavy atom. The van der Waals surface area contributed by atoms with E-state index in [0.29, 0.717) is 18.0 Å². The van der Waals surface area contributed by atoms with Gasteiger partial charge < -0.3 is 15.7 Å². The third kappa shape index (κ3) is 8.58. The van der Waals surface area contributed by atoms with Crippen molar-refractivity contribution in [2.24, 2.45) is 5.41 Å². The maximum atomic E-state index is 11.8. The largest absolute Gasteiger partial charge is 0.481 e. The lowest BCUT2D eigenvalue weighted by Crippen LogP contribution is -2.45. The molecule has 1 fully saturated rings. The zero-order chi connectivity index (χ0) is 15.7. The molecule has 1 aliphatic carbocycles. The van der Waals surface area contributed by atoms with Gasteiger partial charge in [0.25, 0.3) is 0 Å². The first kappa shape index (κ1) is 17.8. The van der Waals surface area contributed by atoms with Crippen LogP contribution >= 0.6 is 0 Å². The summed E-state index contributed by atoms with van der Waals surface area (Å²) < 4.78 is 0. The van der Waals surface area contributed by atoms with Crippen molar-refractivity contribution in [2.75, 3.05) is 6.54 Å². The smallest absolute Gasteiger partial charge is 0.315 e. The quantitative estimate of drug-likeness (QED) is 0.602. The standard InChI is InChI=1S/C16H30N2O3/c1-16(2)10-7-8-13(12-16)18-15(21)17-11-6-4-3-5-9-14(19)20/h13H,3-12H2,1-2H3,(H,19,20)(H2,17,18,21). The summed E-state index contributed by atoms with van der Waals surface area (Å²) in [6.07, 6.45) is 8.29. The number of nitrogens with one attached hydrogen (secondary N) is 2. The average Bonchev–Trinajstić information content (AvgIpc) is 2.36. The normalized spacial score (nSPS) is 20.8. The van der Waals surface area contributed by atoms with Gasteiger partial charge in [0.1, 0.15) is 0 Å². The first-order valence-electron chi connectivity index (χ1n) is 8.15. The second-order valence-corrected chi connectivity index (χ2v) is 6.92. The molecule has 0 aromatic carbocycles. The van der Waals surface area contributed by atoms with Crippen molar-refractivity contribution in [1.82, 2.24) is 10.6 Å². The van der Waals surface area contributed by atoms with E-state index in [9.17, 15) is 9.59 Å². The number of carbonyl (C=O) groups excluding carboxylic acids is 1. The SMILES string of the molecule is CC1(C)CCCC(NC(=O)NCCCCCCC(=O)O)C1. The molecular formula is C16H30N2O3. The van der Waals surface area contributed by atoms with Gasteiger partial charge in [0, 0.05) is 19.0 Å². The van der Waals surface area contributed by atoms with E-state index in [1.54, 1.807) is 0 Å². The minimum atomic E-state index is -0.733. The van der Waals surface area contributed by atoms with Crippen LogP contribution in [0.4, 0.5) is 4.79 Å². The fourth-order valence-electron chi connectivity index (χ4n) is 3.01. The minimum absolute atomic E-state index is 0.0664. The van der Waals surface area contributed by atoms with Crippen LogP contribution in [0.1, 0.15) is 71.6 Å². The molecule has 0 bridgehead atoms. The molecule has 5 heteroatoms. The topological polar surface area (TPSA) is 78.4 Å². The molecular weight excluding hydrogens is 268 g/mol. The number of amides is 2. The highest BCUT2D eigenvalue weighted by molar-refractivity contribution is 5.74. The van der Waals surface area contributed by atoms with Crippen LogP contribution in [-0.4, -0.2) is 29.7 Å². The Kier molecular flexibility index (Phi) is 7.54. The van der Waals surface area contributed by atoms with Crippen LogP contribution in [-0.2, 0) is 4.79 Å². The number of hydrogen-bond acceptors (Lipinski definition) is 2. The van der Waals surface area contributed by atoms with Crippen molar-refractivity contribution < 1.29 is 14.7 Å². The van der Waals surface area contributed by atoms with Crippen LogP contribution in [0.3, 0.4) is 0 Å². The number of carboxylic acids is 1. The third-order valence-corrected chi connectivity index (χ3v) is 4.14. The number of carbonyl (C=O) groups is 2. The van der Waals surface area contributed by atoms with Crippen LogP contribution < -0.4 is 10.6 Å². The van der Waals surface area contributed by atoms with E-state index in [4.69, 9.17) is 5.11 Å². The Morgan fingerprint density at radius 1 is 1.19 bits per heavy atom. The van der Waals surface area contributed by atoms with Gasteiger partial charge >= 0.3 is 12.0 Å². The summed E-state index contributed by atoms with van der Waals surface area (Å²) in [6, 6.07) is 0.229. The maximum Gasteiger partial charge on any atom is 0.315 e. The highest BCUT2D eigenvalue weighted by atomic mass is 16.4. The number of aliphatic carboxylic acids is 1. The molecule has 0 radical (unpaired) electrons. The lowest BCUT2D eigenvalue weighted by atomic mass is 9.75. The van der Waals surface area contributed by atoms with Gasteiger partial charge in [-0.25, -0.2) is 4.79 Å². The number of rotatable bonds is 8. The van der Waals surface area contributed by atoms with Crippen LogP contribution in [0, 0.1) is 5.41 Å². The van der Waals surface area contributed by atoms with Crippen molar-refractivity contribution in [3.05, 3.63) is 0 Å². The monoisotopic (exact) mass is 298 g/mol. The molecule has 122 valence electrons. The van der Waals surface area contributed by atoms with Crippen LogP contribution in [0.15, 0.2) is 0 Å². The molecule has 5 nitrogen and oxygen atoms in total. The third-order valence-electron chi connectivity index (χ3n) is 4.14. The summed E-state index contributed by atoms with van der Waals surface area (Å²) >= 11 is 0. The summed E-state index contributed by atoms with van der Waals surface area (Å²) in [5.41, 5.74) is 0.334. The Labute approximate surface area is 127 Å². The number of unbranched alkanes of at least 4 members (excludes halogenated alkanes) is 3. The summed E-state index contributed by atoms with van der Waals surface area (Å²) in [5.74, 6) is -0.733. The zero-order valence-electron chi connectivity index (χ0n) is 13.4. The fraction of sp³-hybridized carbons (Fsp3) is 0.875. The van der Waals surface area contributed by atoms with Gasteiger partial charge in [0.2, 0.25) is 0 Å². The fourth-order valence-corrected chi connectivity index (χ4v) is 3.01.